The van der Waals surface area contributed by atoms with Gasteiger partial charge in [-0.2, -0.15) is 0 Å². The zero-order chi connectivity index (χ0) is 12.1. The largest absolute Gasteiger partial charge is 0.486 e. The molecule has 1 nitrogen and oxygen atoms in total. The molecule has 1 unspecified atom stereocenters. The van der Waals surface area contributed by atoms with E-state index in [2.05, 4.69) is 44.2 Å². The van der Waals surface area contributed by atoms with E-state index >= 15 is 0 Å². The highest BCUT2D eigenvalue weighted by Gasteiger charge is 2.10. The number of ether oxygens (including phenoxy) is 1. The standard InChI is InChI=1S/C16H22O/c1-13-10-11-14(2)16(12-13)17-15-8-6-4-3-5-7-9-15/h6,8,10-12,15H,3-5,7,9H2,1-2H3/b8-6+. The molecule has 0 saturated heterocycles. The van der Waals surface area contributed by atoms with Gasteiger partial charge in [0.25, 0.3) is 0 Å². The number of benzene rings is 1. The Labute approximate surface area is 104 Å². The molecule has 92 valence electrons. The fourth-order valence-corrected chi connectivity index (χ4v) is 2.22. The molecule has 1 aromatic rings. The second-order valence-corrected chi connectivity index (χ2v) is 4.99. The molecule has 0 heterocycles. The molecule has 0 aromatic heterocycles. The molecule has 0 amide bonds. The topological polar surface area (TPSA) is 9.23 Å². The van der Waals surface area contributed by atoms with Crippen molar-refractivity contribution in [2.75, 3.05) is 0 Å². The van der Waals surface area contributed by atoms with Crippen molar-refractivity contribution in [3.8, 4) is 5.75 Å². The van der Waals surface area contributed by atoms with E-state index in [0.717, 1.165) is 12.2 Å². The fourth-order valence-electron chi connectivity index (χ4n) is 2.22. The third-order valence-corrected chi connectivity index (χ3v) is 3.33. The first-order chi connectivity index (χ1) is 8.25. The average molecular weight is 230 g/mol. The highest BCUT2D eigenvalue weighted by Crippen LogP contribution is 2.23. The minimum atomic E-state index is 0.260. The normalized spacial score (nSPS) is 22.6. The molecule has 1 heteroatoms. The molecule has 0 N–H and O–H groups in total. The monoisotopic (exact) mass is 230 g/mol. The van der Waals surface area contributed by atoms with Crippen molar-refractivity contribution in [1.82, 2.24) is 0 Å². The van der Waals surface area contributed by atoms with Crippen molar-refractivity contribution < 1.29 is 4.74 Å². The lowest BCUT2D eigenvalue weighted by Gasteiger charge is -2.19. The lowest BCUT2D eigenvalue weighted by Crippen LogP contribution is -2.15. The van der Waals surface area contributed by atoms with Crippen LogP contribution in [0.1, 0.15) is 43.2 Å². The van der Waals surface area contributed by atoms with E-state index in [0.29, 0.717) is 0 Å². The van der Waals surface area contributed by atoms with Gasteiger partial charge in [-0.15, -0.1) is 0 Å². The van der Waals surface area contributed by atoms with Crippen molar-refractivity contribution in [2.45, 2.75) is 52.1 Å². The molecule has 1 aliphatic rings. The first-order valence-electron chi connectivity index (χ1n) is 6.66. The zero-order valence-corrected chi connectivity index (χ0v) is 10.9. The summed E-state index contributed by atoms with van der Waals surface area (Å²) in [5, 5.41) is 0. The van der Waals surface area contributed by atoms with E-state index in [-0.39, 0.29) is 6.10 Å². The summed E-state index contributed by atoms with van der Waals surface area (Å²) in [5.74, 6) is 1.04. The van der Waals surface area contributed by atoms with Crippen LogP contribution in [-0.4, -0.2) is 6.10 Å². The maximum Gasteiger partial charge on any atom is 0.123 e. The summed E-state index contributed by atoms with van der Waals surface area (Å²) in [7, 11) is 0. The van der Waals surface area contributed by atoms with Gasteiger partial charge in [-0.1, -0.05) is 24.6 Å². The van der Waals surface area contributed by atoms with Crippen LogP contribution in [0.2, 0.25) is 0 Å². The van der Waals surface area contributed by atoms with Gasteiger partial charge in [-0.05, 0) is 62.8 Å². The molecule has 0 bridgehead atoms. The fraction of sp³-hybridized carbons (Fsp3) is 0.500. The minimum absolute atomic E-state index is 0.260. The van der Waals surface area contributed by atoms with Crippen LogP contribution < -0.4 is 4.74 Å². The predicted molar refractivity (Wildman–Crippen MR) is 72.6 cm³/mol. The number of aryl methyl sites for hydroxylation is 2. The Morgan fingerprint density at radius 1 is 1.12 bits per heavy atom. The Hall–Kier alpha value is -1.24. The molecule has 1 aromatic carbocycles. The molecule has 1 aliphatic carbocycles. The van der Waals surface area contributed by atoms with Gasteiger partial charge >= 0.3 is 0 Å². The van der Waals surface area contributed by atoms with Gasteiger partial charge in [0.1, 0.15) is 11.9 Å². The summed E-state index contributed by atoms with van der Waals surface area (Å²) in [6, 6.07) is 6.41. The summed E-state index contributed by atoms with van der Waals surface area (Å²) in [5.41, 5.74) is 2.49. The van der Waals surface area contributed by atoms with Crippen LogP contribution in [-0.2, 0) is 0 Å². The quantitative estimate of drug-likeness (QED) is 0.676. The van der Waals surface area contributed by atoms with E-state index < -0.39 is 0 Å². The predicted octanol–water partition coefficient (Wildman–Crippen LogP) is 4.57. The highest BCUT2D eigenvalue weighted by molar-refractivity contribution is 5.36. The van der Waals surface area contributed by atoms with Crippen molar-refractivity contribution in [1.29, 1.82) is 0 Å². The van der Waals surface area contributed by atoms with E-state index in [1.54, 1.807) is 0 Å². The van der Waals surface area contributed by atoms with Gasteiger partial charge in [-0.3, -0.25) is 0 Å². The van der Waals surface area contributed by atoms with Crippen LogP contribution in [0.15, 0.2) is 30.4 Å². The van der Waals surface area contributed by atoms with Gasteiger partial charge in [-0.25, -0.2) is 0 Å². The summed E-state index contributed by atoms with van der Waals surface area (Å²) in [4.78, 5) is 0. The Balaban J connectivity index is 2.07. The maximum absolute atomic E-state index is 6.12. The lowest BCUT2D eigenvalue weighted by atomic mass is 10.0. The molecule has 0 fully saturated rings. The Bertz CT molecular complexity index is 393. The number of rotatable bonds is 2. The SMILES string of the molecule is Cc1ccc(C)c(OC2/C=C/CCCCC2)c1. The summed E-state index contributed by atoms with van der Waals surface area (Å²) in [6.07, 6.45) is 11.0. The number of hydrogen-bond donors (Lipinski definition) is 0. The Morgan fingerprint density at radius 2 is 2.00 bits per heavy atom. The van der Waals surface area contributed by atoms with E-state index in [4.69, 9.17) is 4.74 Å². The summed E-state index contributed by atoms with van der Waals surface area (Å²) < 4.78 is 6.12. The van der Waals surface area contributed by atoms with Gasteiger partial charge in [0.2, 0.25) is 0 Å². The second kappa shape index (κ2) is 5.90. The minimum Gasteiger partial charge on any atom is -0.486 e. The third-order valence-electron chi connectivity index (χ3n) is 3.33. The van der Waals surface area contributed by atoms with Crippen molar-refractivity contribution in [3.05, 3.63) is 41.5 Å². The van der Waals surface area contributed by atoms with Gasteiger partial charge in [0.15, 0.2) is 0 Å². The lowest BCUT2D eigenvalue weighted by molar-refractivity contribution is 0.230. The Kier molecular flexibility index (Phi) is 4.24. The second-order valence-electron chi connectivity index (χ2n) is 4.99. The Morgan fingerprint density at radius 3 is 2.88 bits per heavy atom. The van der Waals surface area contributed by atoms with Crippen LogP contribution in [0.5, 0.6) is 5.75 Å². The summed E-state index contributed by atoms with van der Waals surface area (Å²) in [6.45, 7) is 4.22. The first-order valence-corrected chi connectivity index (χ1v) is 6.66. The first kappa shape index (κ1) is 12.2. The average Bonchev–Trinajstić information content (AvgIpc) is 2.27. The van der Waals surface area contributed by atoms with Gasteiger partial charge in [0.05, 0.1) is 0 Å². The van der Waals surface area contributed by atoms with E-state index in [1.807, 2.05) is 0 Å². The van der Waals surface area contributed by atoms with Gasteiger partial charge in [0, 0.05) is 0 Å². The molecular formula is C16H22O. The van der Waals surface area contributed by atoms with Crippen LogP contribution in [0.25, 0.3) is 0 Å². The molecule has 0 aliphatic heterocycles. The van der Waals surface area contributed by atoms with Crippen LogP contribution >= 0.6 is 0 Å². The maximum atomic E-state index is 6.12. The van der Waals surface area contributed by atoms with Crippen LogP contribution in [0.3, 0.4) is 0 Å². The molecule has 17 heavy (non-hydrogen) atoms. The number of allylic oxidation sites excluding steroid dienone is 1. The molecule has 0 saturated carbocycles. The third kappa shape index (κ3) is 3.62. The van der Waals surface area contributed by atoms with Crippen molar-refractivity contribution in [2.24, 2.45) is 0 Å². The highest BCUT2D eigenvalue weighted by atomic mass is 16.5. The van der Waals surface area contributed by atoms with Crippen LogP contribution in [0, 0.1) is 13.8 Å². The van der Waals surface area contributed by atoms with Crippen molar-refractivity contribution >= 4 is 0 Å². The summed E-state index contributed by atoms with van der Waals surface area (Å²) >= 11 is 0. The zero-order valence-electron chi connectivity index (χ0n) is 10.9. The van der Waals surface area contributed by atoms with Crippen LogP contribution in [0.4, 0.5) is 0 Å². The smallest absolute Gasteiger partial charge is 0.123 e. The molecule has 2 rings (SSSR count). The molecule has 0 spiro atoms. The number of hydrogen-bond acceptors (Lipinski definition) is 1. The van der Waals surface area contributed by atoms with E-state index in [1.165, 1.54) is 36.8 Å². The molecule has 1 atom stereocenters. The van der Waals surface area contributed by atoms with E-state index in [9.17, 15) is 0 Å². The molecular weight excluding hydrogens is 208 g/mol. The van der Waals surface area contributed by atoms with Gasteiger partial charge < -0.3 is 4.74 Å². The van der Waals surface area contributed by atoms with Crippen molar-refractivity contribution in [3.63, 3.8) is 0 Å². The molecule has 0 radical (unpaired) electrons.